The maximum absolute atomic E-state index is 12.5. The lowest BCUT2D eigenvalue weighted by Crippen LogP contribution is -2.19. The first-order chi connectivity index (χ1) is 13.7. The summed E-state index contributed by atoms with van der Waals surface area (Å²) in [7, 11) is -3.81. The molecule has 0 radical (unpaired) electrons. The number of nitro benzene ring substituents is 1. The van der Waals surface area contributed by atoms with Gasteiger partial charge in [-0.05, 0) is 28.6 Å². The third-order valence-electron chi connectivity index (χ3n) is 3.67. The second-order valence-corrected chi connectivity index (χ2v) is 6.85. The Morgan fingerprint density at radius 2 is 1.93 bits per heavy atom. The molecule has 4 N–H and O–H groups in total. The number of nitrogens with zero attached hydrogens (tertiary/aromatic N) is 5. The van der Waals surface area contributed by atoms with Crippen molar-refractivity contribution in [2.45, 2.75) is 4.90 Å². The van der Waals surface area contributed by atoms with Crippen LogP contribution in [0.3, 0.4) is 0 Å². The minimum atomic E-state index is -4.98. The number of tetrazole rings is 1. The normalized spacial score (nSPS) is 10.7. The van der Waals surface area contributed by atoms with Crippen LogP contribution in [0.1, 0.15) is 10.6 Å². The summed E-state index contributed by atoms with van der Waals surface area (Å²) in [5.74, 6) is -1.30. The molecule has 1 amide bonds. The van der Waals surface area contributed by atoms with Crippen LogP contribution in [-0.2, 0) is 10.1 Å². The van der Waals surface area contributed by atoms with E-state index in [-0.39, 0.29) is 22.7 Å². The van der Waals surface area contributed by atoms with E-state index in [1.54, 1.807) is 30.3 Å². The number of rotatable bonds is 6. The number of para-hydroxylation sites is 1. The quantitative estimate of drug-likeness (QED) is 0.304. The summed E-state index contributed by atoms with van der Waals surface area (Å²) in [5, 5.41) is 24.3. The lowest BCUT2D eigenvalue weighted by molar-refractivity contribution is -0.388. The van der Waals surface area contributed by atoms with Crippen LogP contribution in [-0.4, -0.2) is 56.6 Å². The first-order valence-electron chi connectivity index (χ1n) is 7.71. The van der Waals surface area contributed by atoms with Gasteiger partial charge in [-0.1, -0.05) is 18.2 Å². The average Bonchev–Trinajstić information content (AvgIpc) is 3.16. The minimum Gasteiger partial charge on any atom is -0.494 e. The second-order valence-electron chi connectivity index (χ2n) is 5.46. The van der Waals surface area contributed by atoms with E-state index >= 15 is 0 Å². The fourth-order valence-corrected chi connectivity index (χ4v) is 3.07. The number of nitrogens with one attached hydrogen (secondary N) is 1. The van der Waals surface area contributed by atoms with Crippen molar-refractivity contribution in [2.24, 2.45) is 0 Å². The van der Waals surface area contributed by atoms with Crippen molar-refractivity contribution in [3.05, 3.63) is 58.4 Å². The highest BCUT2D eigenvalue weighted by Gasteiger charge is 2.29. The van der Waals surface area contributed by atoms with E-state index in [1.165, 1.54) is 7.11 Å². The van der Waals surface area contributed by atoms with Crippen molar-refractivity contribution in [3.63, 3.8) is 0 Å². The van der Waals surface area contributed by atoms with Gasteiger partial charge in [-0.25, -0.2) is 0 Å². The largest absolute Gasteiger partial charge is 0.494 e. The number of carbonyl (C=O) groups excluding carboxylic acids is 1. The molecule has 0 aliphatic carbocycles. The number of hydrogen-bond acceptors (Lipinski definition) is 9. The molecule has 158 valence electrons. The van der Waals surface area contributed by atoms with Gasteiger partial charge in [0.05, 0.1) is 18.1 Å². The molecule has 15 heteroatoms. The zero-order chi connectivity index (χ0) is 21.2. The predicted molar refractivity (Wildman–Crippen MR) is 100 cm³/mol. The van der Waals surface area contributed by atoms with Crippen LogP contribution in [0.15, 0.2) is 47.4 Å². The van der Waals surface area contributed by atoms with Crippen molar-refractivity contribution in [1.82, 2.24) is 20.2 Å². The van der Waals surface area contributed by atoms with Gasteiger partial charge in [-0.3, -0.25) is 19.5 Å². The predicted octanol–water partition coefficient (Wildman–Crippen LogP) is 0.253. The summed E-state index contributed by atoms with van der Waals surface area (Å²) < 4.78 is 38.5. The number of carbonyl (C=O) groups is 1. The van der Waals surface area contributed by atoms with E-state index < -0.39 is 31.5 Å². The van der Waals surface area contributed by atoms with Crippen LogP contribution in [0.5, 0.6) is 5.75 Å². The number of benzene rings is 2. The Bertz CT molecular complexity index is 1200. The van der Waals surface area contributed by atoms with E-state index in [0.717, 1.165) is 16.8 Å². The molecule has 0 aliphatic heterocycles. The van der Waals surface area contributed by atoms with Crippen LogP contribution >= 0.6 is 0 Å². The van der Waals surface area contributed by atoms with Gasteiger partial charge in [-0.2, -0.15) is 13.1 Å². The van der Waals surface area contributed by atoms with Crippen LogP contribution in [0.4, 0.5) is 11.4 Å². The molecule has 3 rings (SSSR count). The molecule has 0 saturated carbocycles. The average molecular weight is 438 g/mol. The molecule has 0 saturated heterocycles. The summed E-state index contributed by atoms with van der Waals surface area (Å²) in [6.45, 7) is 0. The summed E-state index contributed by atoms with van der Waals surface area (Å²) in [6.07, 6.45) is 0. The third-order valence-corrected chi connectivity index (χ3v) is 4.55. The van der Waals surface area contributed by atoms with Gasteiger partial charge >= 0.3 is 10.1 Å². The number of nitro groups is 1. The van der Waals surface area contributed by atoms with E-state index in [9.17, 15) is 27.9 Å². The van der Waals surface area contributed by atoms with Crippen molar-refractivity contribution in [3.8, 4) is 11.4 Å². The van der Waals surface area contributed by atoms with Gasteiger partial charge in [0.2, 0.25) is 5.82 Å². The van der Waals surface area contributed by atoms with Gasteiger partial charge in [-0.15, -0.1) is 5.10 Å². The van der Waals surface area contributed by atoms with Crippen LogP contribution in [0.25, 0.3) is 5.69 Å². The Morgan fingerprint density at radius 3 is 2.50 bits per heavy atom. The van der Waals surface area contributed by atoms with Crippen molar-refractivity contribution in [2.75, 3.05) is 12.4 Å². The first-order valence-corrected chi connectivity index (χ1v) is 9.15. The molecule has 0 unspecified atom stereocenters. The minimum absolute atomic E-state index is 0. The zero-order valence-corrected chi connectivity index (χ0v) is 15.9. The Kier molecular flexibility index (Phi) is 6.40. The Morgan fingerprint density at radius 1 is 1.27 bits per heavy atom. The van der Waals surface area contributed by atoms with Gasteiger partial charge in [0.1, 0.15) is 5.69 Å². The Labute approximate surface area is 168 Å². The lowest BCUT2D eigenvalue weighted by Gasteiger charge is -2.11. The van der Waals surface area contributed by atoms with Gasteiger partial charge in [0.15, 0.2) is 10.6 Å². The number of anilines is 1. The second kappa shape index (κ2) is 8.60. The molecule has 1 heterocycles. The molecule has 0 bridgehead atoms. The molecule has 30 heavy (non-hydrogen) atoms. The van der Waals surface area contributed by atoms with Gasteiger partial charge in [0, 0.05) is 5.69 Å². The smallest absolute Gasteiger partial charge is 0.301 e. The number of methoxy groups -OCH3 is 1. The zero-order valence-electron chi connectivity index (χ0n) is 15.1. The summed E-state index contributed by atoms with van der Waals surface area (Å²) in [5.41, 5.74) is -0.688. The van der Waals surface area contributed by atoms with E-state index in [1.807, 2.05) is 0 Å². The molecule has 0 fully saturated rings. The number of hydrogen-bond donors (Lipinski definition) is 2. The van der Waals surface area contributed by atoms with E-state index in [2.05, 4.69) is 20.8 Å². The molecular weight excluding hydrogens is 424 g/mol. The maximum atomic E-state index is 12.5. The van der Waals surface area contributed by atoms with Crippen LogP contribution in [0.2, 0.25) is 0 Å². The van der Waals surface area contributed by atoms with Crippen LogP contribution in [0, 0.1) is 10.1 Å². The highest BCUT2D eigenvalue weighted by atomic mass is 32.2. The molecule has 0 atom stereocenters. The molecular formula is C15H14N6O8S. The van der Waals surface area contributed by atoms with Crippen molar-refractivity contribution < 1.29 is 32.9 Å². The third kappa shape index (κ3) is 4.37. The monoisotopic (exact) mass is 438 g/mol. The van der Waals surface area contributed by atoms with Crippen molar-refractivity contribution in [1.29, 1.82) is 0 Å². The summed E-state index contributed by atoms with van der Waals surface area (Å²) in [4.78, 5) is 21.7. The van der Waals surface area contributed by atoms with E-state index in [4.69, 9.17) is 4.74 Å². The summed E-state index contributed by atoms with van der Waals surface area (Å²) >= 11 is 0. The molecule has 1 aromatic heterocycles. The van der Waals surface area contributed by atoms with Gasteiger partial charge < -0.3 is 15.5 Å². The molecule has 2 aromatic carbocycles. The van der Waals surface area contributed by atoms with Gasteiger partial charge in [0.25, 0.3) is 11.6 Å². The highest BCUT2D eigenvalue weighted by Crippen LogP contribution is 2.34. The number of aromatic nitrogens is 4. The number of amides is 1. The van der Waals surface area contributed by atoms with Crippen LogP contribution < -0.4 is 10.1 Å². The molecule has 0 spiro atoms. The lowest BCUT2D eigenvalue weighted by atomic mass is 10.2. The topological polar surface area (TPSA) is 211 Å². The Hall–Kier alpha value is -3.95. The van der Waals surface area contributed by atoms with E-state index in [0.29, 0.717) is 5.69 Å². The highest BCUT2D eigenvalue weighted by molar-refractivity contribution is 7.86. The Balaban J connectivity index is 0.00000320. The molecule has 3 aromatic rings. The fraction of sp³-hybridized carbons (Fsp3) is 0.0667. The summed E-state index contributed by atoms with van der Waals surface area (Å²) in [6, 6.07) is 9.88. The first kappa shape index (κ1) is 22.3. The standard InChI is InChI=1S/C15H12N6O7S.H2O/c1-28-12-7-11(21(23)24)13(29(25,26)27)8-10(12)20-14(17-18-19-20)15(22)16-9-5-3-2-4-6-9;/h2-8H,1H3,(H,16,22)(H,25,26,27);1H2. The fourth-order valence-electron chi connectivity index (χ4n) is 2.42. The SMILES string of the molecule is COc1cc([N+](=O)[O-])c(S(=O)(=O)O)cc1-n1nnnc1C(=O)Nc1ccccc1.O. The maximum Gasteiger partial charge on any atom is 0.301 e. The van der Waals surface area contributed by atoms with Crippen molar-refractivity contribution >= 4 is 27.4 Å². The molecule has 14 nitrogen and oxygen atoms in total. The molecule has 0 aliphatic rings. The number of ether oxygens (including phenoxy) is 1.